The fourth-order valence-corrected chi connectivity index (χ4v) is 1.64. The van der Waals surface area contributed by atoms with Gasteiger partial charge in [-0.05, 0) is 18.2 Å². The van der Waals surface area contributed by atoms with Crippen molar-refractivity contribution in [3.63, 3.8) is 0 Å². The summed E-state index contributed by atoms with van der Waals surface area (Å²) in [5.74, 6) is 2.07. The van der Waals surface area contributed by atoms with Crippen molar-refractivity contribution in [3.8, 4) is 23.7 Å². The first-order valence-corrected chi connectivity index (χ1v) is 5.34. The number of hydrogen-bond donors (Lipinski definition) is 0. The number of aromatic nitrogens is 2. The van der Waals surface area contributed by atoms with E-state index in [0.29, 0.717) is 21.4 Å². The van der Waals surface area contributed by atoms with Crippen molar-refractivity contribution in [2.75, 3.05) is 0 Å². The van der Waals surface area contributed by atoms with Crippen molar-refractivity contribution in [2.24, 2.45) is 0 Å². The molecule has 0 spiro atoms. The van der Waals surface area contributed by atoms with Crippen LogP contribution < -0.4 is 5.76 Å². The highest BCUT2D eigenvalue weighted by atomic mass is 35.5. The molecule has 2 aromatic rings. The first-order valence-electron chi connectivity index (χ1n) is 4.59. The Morgan fingerprint density at radius 1 is 1.41 bits per heavy atom. The Kier molecular flexibility index (Phi) is 3.23. The lowest BCUT2D eigenvalue weighted by atomic mass is 10.2. The van der Waals surface area contributed by atoms with Crippen LogP contribution in [0.4, 0.5) is 0 Å². The van der Waals surface area contributed by atoms with Gasteiger partial charge in [0.05, 0.1) is 16.6 Å². The molecular weight excluding hydrogens is 263 g/mol. The maximum atomic E-state index is 11.3. The van der Waals surface area contributed by atoms with Crippen LogP contribution in [0.1, 0.15) is 0 Å². The molecule has 1 aromatic carbocycles. The minimum atomic E-state index is -0.607. The van der Waals surface area contributed by atoms with Crippen molar-refractivity contribution < 1.29 is 4.52 Å². The number of halogens is 2. The van der Waals surface area contributed by atoms with Crippen LogP contribution in [0.2, 0.25) is 10.0 Å². The normalized spacial score (nSPS) is 10.2. The second-order valence-corrected chi connectivity index (χ2v) is 4.01. The van der Waals surface area contributed by atoms with Gasteiger partial charge in [0, 0.05) is 5.56 Å². The molecule has 4 nitrogen and oxygen atoms in total. The van der Waals surface area contributed by atoms with E-state index in [-0.39, 0.29) is 6.54 Å². The lowest BCUT2D eigenvalue weighted by Crippen LogP contribution is -2.14. The lowest BCUT2D eigenvalue weighted by molar-refractivity contribution is 0.379. The van der Waals surface area contributed by atoms with E-state index in [1.165, 1.54) is 4.57 Å². The third-order valence-electron chi connectivity index (χ3n) is 2.11. The molecule has 1 heterocycles. The van der Waals surface area contributed by atoms with Crippen molar-refractivity contribution in [1.82, 2.24) is 9.72 Å². The molecule has 1 aromatic heterocycles. The molecule has 0 atom stereocenters. The Bertz CT molecular complexity index is 652. The van der Waals surface area contributed by atoms with E-state index in [2.05, 4.69) is 15.6 Å². The molecule has 0 fully saturated rings. The summed E-state index contributed by atoms with van der Waals surface area (Å²) in [6.45, 7) is 0.0813. The first kappa shape index (κ1) is 11.8. The van der Waals surface area contributed by atoms with Crippen molar-refractivity contribution in [1.29, 1.82) is 0 Å². The van der Waals surface area contributed by atoms with Crippen LogP contribution in [0.15, 0.2) is 27.5 Å². The summed E-state index contributed by atoms with van der Waals surface area (Å²) in [7, 11) is 0. The van der Waals surface area contributed by atoms with Crippen LogP contribution >= 0.6 is 23.2 Å². The fourth-order valence-electron chi connectivity index (χ4n) is 1.34. The molecule has 0 aliphatic rings. The number of terminal acetylenes is 1. The minimum Gasteiger partial charge on any atom is -0.295 e. The summed E-state index contributed by atoms with van der Waals surface area (Å²) in [6, 6.07) is 4.88. The van der Waals surface area contributed by atoms with Gasteiger partial charge in [-0.3, -0.25) is 4.52 Å². The summed E-state index contributed by atoms with van der Waals surface area (Å²) >= 11 is 11.7. The largest absolute Gasteiger partial charge is 0.442 e. The molecule has 0 bridgehead atoms. The molecule has 0 amide bonds. The fraction of sp³-hybridized carbons (Fsp3) is 0.0909. The molecule has 0 N–H and O–H groups in total. The van der Waals surface area contributed by atoms with Gasteiger partial charge >= 0.3 is 5.76 Å². The van der Waals surface area contributed by atoms with Gasteiger partial charge in [-0.2, -0.15) is 0 Å². The van der Waals surface area contributed by atoms with Crippen LogP contribution in [-0.2, 0) is 6.54 Å². The Labute approximate surface area is 107 Å². The van der Waals surface area contributed by atoms with Crippen molar-refractivity contribution >= 4 is 23.2 Å². The van der Waals surface area contributed by atoms with Gasteiger partial charge in [-0.25, -0.2) is 9.36 Å². The third-order valence-corrected chi connectivity index (χ3v) is 2.85. The highest BCUT2D eigenvalue weighted by Gasteiger charge is 2.12. The van der Waals surface area contributed by atoms with Gasteiger partial charge in [0.15, 0.2) is 5.82 Å². The maximum absolute atomic E-state index is 11.3. The molecule has 86 valence electrons. The zero-order valence-electron chi connectivity index (χ0n) is 8.48. The average Bonchev–Trinajstić information content (AvgIpc) is 2.66. The zero-order chi connectivity index (χ0) is 12.4. The summed E-state index contributed by atoms with van der Waals surface area (Å²) in [4.78, 5) is 11.3. The minimum absolute atomic E-state index is 0.0813. The number of nitrogens with zero attached hydrogens (tertiary/aromatic N) is 2. The Balaban J connectivity index is 2.57. The predicted molar refractivity (Wildman–Crippen MR) is 65.1 cm³/mol. The quantitative estimate of drug-likeness (QED) is 0.787. The molecule has 0 saturated carbocycles. The van der Waals surface area contributed by atoms with Crippen molar-refractivity contribution in [2.45, 2.75) is 6.54 Å². The Morgan fingerprint density at radius 2 is 2.18 bits per heavy atom. The Morgan fingerprint density at radius 3 is 2.82 bits per heavy atom. The van der Waals surface area contributed by atoms with Crippen molar-refractivity contribution in [3.05, 3.63) is 38.8 Å². The molecule has 17 heavy (non-hydrogen) atoms. The van der Waals surface area contributed by atoms with Gasteiger partial charge in [-0.15, -0.1) is 6.42 Å². The standard InChI is InChI=1S/C11H6Cl2N2O2/c1-2-5-15-10(14-17-11(15)16)7-3-4-8(12)9(13)6-7/h1,3-4,6H,5H2. The summed E-state index contributed by atoms with van der Waals surface area (Å²) in [6.07, 6.45) is 5.16. The first-order chi connectivity index (χ1) is 8.13. The second-order valence-electron chi connectivity index (χ2n) is 3.19. The van der Waals surface area contributed by atoms with E-state index in [9.17, 15) is 4.79 Å². The monoisotopic (exact) mass is 268 g/mol. The third kappa shape index (κ3) is 2.21. The highest BCUT2D eigenvalue weighted by molar-refractivity contribution is 6.42. The number of benzene rings is 1. The van der Waals surface area contributed by atoms with E-state index in [4.69, 9.17) is 29.6 Å². The molecule has 0 aliphatic carbocycles. The van der Waals surface area contributed by atoms with Crippen LogP contribution in [0.5, 0.6) is 0 Å². The average molecular weight is 269 g/mol. The summed E-state index contributed by atoms with van der Waals surface area (Å²) < 4.78 is 5.79. The van der Waals surface area contributed by atoms with Gasteiger partial charge in [0.25, 0.3) is 0 Å². The van der Waals surface area contributed by atoms with Gasteiger partial charge in [-0.1, -0.05) is 34.3 Å². The molecule has 0 saturated heterocycles. The molecule has 2 rings (SSSR count). The zero-order valence-corrected chi connectivity index (χ0v) is 10.00. The maximum Gasteiger partial charge on any atom is 0.442 e. The van der Waals surface area contributed by atoms with E-state index < -0.39 is 5.76 Å². The van der Waals surface area contributed by atoms with Crippen LogP contribution in [-0.4, -0.2) is 9.72 Å². The Hall–Kier alpha value is -1.70. The highest BCUT2D eigenvalue weighted by Crippen LogP contribution is 2.27. The van der Waals surface area contributed by atoms with Crippen LogP contribution in [0, 0.1) is 12.3 Å². The summed E-state index contributed by atoms with van der Waals surface area (Å²) in [5.41, 5.74) is 0.612. The summed E-state index contributed by atoms with van der Waals surface area (Å²) in [5, 5.41) is 4.44. The van der Waals surface area contributed by atoms with E-state index in [1.807, 2.05) is 0 Å². The molecule has 6 heteroatoms. The lowest BCUT2D eigenvalue weighted by Gasteiger charge is -2.02. The smallest absolute Gasteiger partial charge is 0.295 e. The molecular formula is C11H6Cl2N2O2. The number of hydrogen-bond acceptors (Lipinski definition) is 3. The van der Waals surface area contributed by atoms with E-state index in [0.717, 1.165) is 0 Å². The van der Waals surface area contributed by atoms with E-state index >= 15 is 0 Å². The van der Waals surface area contributed by atoms with E-state index in [1.54, 1.807) is 18.2 Å². The second kappa shape index (κ2) is 4.66. The van der Waals surface area contributed by atoms with Crippen LogP contribution in [0.3, 0.4) is 0 Å². The molecule has 0 radical (unpaired) electrons. The van der Waals surface area contributed by atoms with Gasteiger partial charge < -0.3 is 0 Å². The van der Waals surface area contributed by atoms with Crippen LogP contribution in [0.25, 0.3) is 11.4 Å². The van der Waals surface area contributed by atoms with Gasteiger partial charge in [0.1, 0.15) is 0 Å². The topological polar surface area (TPSA) is 48.0 Å². The number of rotatable bonds is 2. The SMILES string of the molecule is C#CCn1c(-c2ccc(Cl)c(Cl)c2)noc1=O. The predicted octanol–water partition coefficient (Wildman–Crippen LogP) is 2.44. The molecule has 0 aliphatic heterocycles. The molecule has 0 unspecified atom stereocenters. The van der Waals surface area contributed by atoms with Gasteiger partial charge in [0.2, 0.25) is 0 Å².